The summed E-state index contributed by atoms with van der Waals surface area (Å²) >= 11 is 0. The van der Waals surface area contributed by atoms with Gasteiger partial charge in [0.1, 0.15) is 0 Å². The molecule has 0 spiro atoms. The first kappa shape index (κ1) is 10.2. The maximum absolute atomic E-state index is 5.96. The van der Waals surface area contributed by atoms with E-state index in [1.165, 1.54) is 37.8 Å². The van der Waals surface area contributed by atoms with Crippen molar-refractivity contribution in [2.75, 3.05) is 0 Å². The van der Waals surface area contributed by atoms with Gasteiger partial charge < -0.3 is 0 Å². The Labute approximate surface area is 103 Å². The summed E-state index contributed by atoms with van der Waals surface area (Å²) in [7, 11) is 0. The van der Waals surface area contributed by atoms with Crippen LogP contribution in [-0.4, -0.2) is 0 Å². The quantitative estimate of drug-likeness (QED) is 0.680. The van der Waals surface area contributed by atoms with Gasteiger partial charge in [-0.2, -0.15) is 0 Å². The van der Waals surface area contributed by atoms with Crippen LogP contribution in [0, 0.1) is 37.5 Å². The van der Waals surface area contributed by atoms with Crippen molar-refractivity contribution in [2.24, 2.45) is 23.7 Å². The molecule has 0 radical (unpaired) electrons. The van der Waals surface area contributed by atoms with Crippen molar-refractivity contribution in [1.82, 2.24) is 0 Å². The van der Waals surface area contributed by atoms with E-state index in [1.54, 1.807) is 0 Å². The predicted octanol–water partition coefficient (Wildman–Crippen LogP) is 3.18. The fourth-order valence-corrected chi connectivity index (χ4v) is 5.19. The summed E-state index contributed by atoms with van der Waals surface area (Å²) in [5.41, 5.74) is 1.32. The molecule has 0 saturated heterocycles. The molecule has 0 atom stereocenters. The molecule has 17 heavy (non-hydrogen) atoms. The van der Waals surface area contributed by atoms with Gasteiger partial charge in [-0.3, -0.25) is 0 Å². The van der Waals surface area contributed by atoms with Crippen LogP contribution in [0.1, 0.15) is 49.6 Å². The predicted molar refractivity (Wildman–Crippen MR) is 64.5 cm³/mol. The summed E-state index contributed by atoms with van der Waals surface area (Å²) in [6.45, 7) is 4.27. The van der Waals surface area contributed by atoms with Crippen molar-refractivity contribution >= 4 is 0 Å². The summed E-state index contributed by atoms with van der Waals surface area (Å²) in [4.78, 5) is 0. The van der Waals surface area contributed by atoms with Gasteiger partial charge in [-0.1, -0.05) is 0 Å². The van der Waals surface area contributed by atoms with Gasteiger partial charge in [0.2, 0.25) is 11.7 Å². The highest BCUT2D eigenvalue weighted by atomic mass is 16.5. The Kier molecular flexibility index (Phi) is 2.01. The molecule has 0 N–H and O–H groups in total. The summed E-state index contributed by atoms with van der Waals surface area (Å²) in [5, 5.41) is 0. The van der Waals surface area contributed by atoms with Crippen LogP contribution in [0.4, 0.5) is 0 Å². The summed E-state index contributed by atoms with van der Waals surface area (Å²) in [5.74, 6) is 4.97. The van der Waals surface area contributed by atoms with Crippen LogP contribution in [0.25, 0.3) is 0 Å². The van der Waals surface area contributed by atoms with Crippen LogP contribution in [0.5, 0.6) is 0 Å². The number of hydrogen-bond acceptors (Lipinski definition) is 1. The van der Waals surface area contributed by atoms with Crippen molar-refractivity contribution in [3.63, 3.8) is 0 Å². The standard InChI is InChI=1S/C15H22NO/c1-9-3-10(2)17-16(9)15-13-5-11-4-12(7-13)8-14(15)6-11/h3,11-15H,4-8H2,1-2H3/q+1. The molecule has 2 heteroatoms. The molecule has 92 valence electrons. The lowest BCUT2D eigenvalue weighted by Gasteiger charge is -2.50. The lowest BCUT2D eigenvalue weighted by atomic mass is 9.54. The fourth-order valence-electron chi connectivity index (χ4n) is 5.19. The third kappa shape index (κ3) is 1.42. The zero-order chi connectivity index (χ0) is 11.6. The first-order valence-corrected chi connectivity index (χ1v) is 7.20. The summed E-state index contributed by atoms with van der Waals surface area (Å²) < 4.78 is 8.21. The smallest absolute Gasteiger partial charge is 0.229 e. The molecule has 0 unspecified atom stereocenters. The first-order chi connectivity index (χ1) is 8.20. The highest BCUT2D eigenvalue weighted by Crippen LogP contribution is 2.56. The minimum absolute atomic E-state index is 0.677. The average Bonchev–Trinajstić information content (AvgIpc) is 2.56. The van der Waals surface area contributed by atoms with Gasteiger partial charge in [-0.15, -0.1) is 0 Å². The Morgan fingerprint density at radius 3 is 2.06 bits per heavy atom. The second-order valence-electron chi connectivity index (χ2n) is 6.73. The molecule has 1 aromatic rings. The molecule has 1 aromatic heterocycles. The number of hydrogen-bond donors (Lipinski definition) is 0. The van der Waals surface area contributed by atoms with Crippen LogP contribution in [0.3, 0.4) is 0 Å². The van der Waals surface area contributed by atoms with E-state index in [9.17, 15) is 0 Å². The molecule has 2 nitrogen and oxygen atoms in total. The molecule has 4 fully saturated rings. The van der Waals surface area contributed by atoms with Crippen molar-refractivity contribution in [1.29, 1.82) is 0 Å². The highest BCUT2D eigenvalue weighted by molar-refractivity contribution is 4.99. The number of aromatic nitrogens is 1. The van der Waals surface area contributed by atoms with E-state index < -0.39 is 0 Å². The molecule has 0 amide bonds. The molecule has 0 aliphatic heterocycles. The van der Waals surface area contributed by atoms with Crippen molar-refractivity contribution in [2.45, 2.75) is 52.0 Å². The fraction of sp³-hybridized carbons (Fsp3) is 0.800. The molecule has 1 heterocycles. The van der Waals surface area contributed by atoms with Gasteiger partial charge in [0.25, 0.3) is 0 Å². The lowest BCUT2D eigenvalue weighted by Crippen LogP contribution is -2.56. The van der Waals surface area contributed by atoms with Crippen LogP contribution in [0.2, 0.25) is 0 Å². The van der Waals surface area contributed by atoms with Crippen LogP contribution in [-0.2, 0) is 0 Å². The van der Waals surface area contributed by atoms with Gasteiger partial charge in [0.15, 0.2) is 5.76 Å². The molecule has 4 saturated carbocycles. The Morgan fingerprint density at radius 2 is 1.59 bits per heavy atom. The van der Waals surface area contributed by atoms with Gasteiger partial charge in [-0.25, -0.2) is 4.52 Å². The zero-order valence-corrected chi connectivity index (χ0v) is 10.9. The second-order valence-corrected chi connectivity index (χ2v) is 6.73. The minimum Gasteiger partial charge on any atom is -0.241 e. The minimum atomic E-state index is 0.677. The SMILES string of the molecule is Cc1cc(C)[n+](C2C3CC4CC(C3)CC2C4)o1. The molecule has 4 aliphatic rings. The third-order valence-electron chi connectivity index (χ3n) is 5.45. The second kappa shape index (κ2) is 3.37. The number of aryl methyl sites for hydroxylation is 2. The topological polar surface area (TPSA) is 17.0 Å². The average molecular weight is 232 g/mol. The number of nitrogens with zero attached hydrogens (tertiary/aromatic N) is 1. The Hall–Kier alpha value is -0.790. The summed E-state index contributed by atoms with van der Waals surface area (Å²) in [6, 6.07) is 2.86. The third-order valence-corrected chi connectivity index (χ3v) is 5.45. The van der Waals surface area contributed by atoms with E-state index in [2.05, 4.69) is 24.7 Å². The molecule has 4 aliphatic carbocycles. The lowest BCUT2D eigenvalue weighted by molar-refractivity contribution is -0.899. The molecule has 5 rings (SSSR count). The number of rotatable bonds is 1. The maximum Gasteiger partial charge on any atom is 0.229 e. The van der Waals surface area contributed by atoms with Crippen LogP contribution >= 0.6 is 0 Å². The van der Waals surface area contributed by atoms with Crippen LogP contribution < -0.4 is 4.74 Å². The monoisotopic (exact) mass is 232 g/mol. The molecular weight excluding hydrogens is 210 g/mol. The molecule has 4 bridgehead atoms. The van der Waals surface area contributed by atoms with E-state index in [4.69, 9.17) is 4.52 Å². The Balaban J connectivity index is 1.72. The van der Waals surface area contributed by atoms with E-state index in [1.807, 2.05) is 0 Å². The van der Waals surface area contributed by atoms with Gasteiger partial charge in [0, 0.05) is 25.7 Å². The van der Waals surface area contributed by atoms with Gasteiger partial charge >= 0.3 is 0 Å². The maximum atomic E-state index is 5.96. The van der Waals surface area contributed by atoms with Gasteiger partial charge in [-0.05, 0) is 48.7 Å². The van der Waals surface area contributed by atoms with Crippen LogP contribution in [0.15, 0.2) is 10.6 Å². The first-order valence-electron chi connectivity index (χ1n) is 7.20. The van der Waals surface area contributed by atoms with Crippen molar-refractivity contribution < 1.29 is 9.26 Å². The van der Waals surface area contributed by atoms with E-state index in [-0.39, 0.29) is 0 Å². The van der Waals surface area contributed by atoms with E-state index >= 15 is 0 Å². The molecule has 0 aromatic carbocycles. The highest BCUT2D eigenvalue weighted by Gasteiger charge is 2.54. The van der Waals surface area contributed by atoms with Gasteiger partial charge in [0.05, 0.1) is 6.07 Å². The summed E-state index contributed by atoms with van der Waals surface area (Å²) in [6.07, 6.45) is 7.38. The van der Waals surface area contributed by atoms with Crippen molar-refractivity contribution in [3.05, 3.63) is 17.5 Å². The Morgan fingerprint density at radius 1 is 1.00 bits per heavy atom. The largest absolute Gasteiger partial charge is 0.241 e. The normalized spacial score (nSPS) is 43.3. The van der Waals surface area contributed by atoms with E-state index in [0.717, 1.165) is 29.4 Å². The Bertz CT molecular complexity index is 420. The molecular formula is C15H22NO+. The van der Waals surface area contributed by atoms with E-state index in [0.29, 0.717) is 6.04 Å². The van der Waals surface area contributed by atoms with Crippen molar-refractivity contribution in [3.8, 4) is 0 Å². The zero-order valence-electron chi connectivity index (χ0n) is 10.9.